The minimum absolute atomic E-state index is 0.173. The van der Waals surface area contributed by atoms with Gasteiger partial charge in [0.25, 0.3) is 0 Å². The number of ether oxygens (including phenoxy) is 1. The number of benzene rings is 1. The summed E-state index contributed by atoms with van der Waals surface area (Å²) in [7, 11) is 0. The van der Waals surface area contributed by atoms with Crippen LogP contribution < -0.4 is 0 Å². The molecule has 2 rings (SSSR count). The Labute approximate surface area is 101 Å². The van der Waals surface area contributed by atoms with Gasteiger partial charge in [-0.2, -0.15) is 0 Å². The zero-order valence-corrected chi connectivity index (χ0v) is 10.0. The Morgan fingerprint density at radius 1 is 1.44 bits per heavy atom. The monoisotopic (exact) mass is 238 g/mol. The largest absolute Gasteiger partial charge is 0.370 e. The number of hydrogen-bond donors (Lipinski definition) is 0. The number of rotatable bonds is 3. The minimum Gasteiger partial charge on any atom is -0.370 e. The molecule has 86 valence electrons. The van der Waals surface area contributed by atoms with E-state index in [-0.39, 0.29) is 11.9 Å². The van der Waals surface area contributed by atoms with Crippen molar-refractivity contribution in [1.29, 1.82) is 0 Å². The van der Waals surface area contributed by atoms with Gasteiger partial charge in [-0.05, 0) is 30.0 Å². The summed E-state index contributed by atoms with van der Waals surface area (Å²) in [5, 5.41) is 0.696. The Balaban J connectivity index is 1.99. The smallest absolute Gasteiger partial charge is 0.166 e. The summed E-state index contributed by atoms with van der Waals surface area (Å²) in [6.07, 6.45) is 1.21. The lowest BCUT2D eigenvalue weighted by atomic mass is 9.96. The van der Waals surface area contributed by atoms with Crippen molar-refractivity contribution in [3.05, 3.63) is 34.9 Å². The Kier molecular flexibility index (Phi) is 3.62. The Morgan fingerprint density at radius 3 is 2.69 bits per heavy atom. The predicted molar refractivity (Wildman–Crippen MR) is 63.7 cm³/mol. The van der Waals surface area contributed by atoms with Gasteiger partial charge in [-0.1, -0.05) is 30.7 Å². The first-order chi connectivity index (χ1) is 7.66. The van der Waals surface area contributed by atoms with Gasteiger partial charge in [0.1, 0.15) is 6.10 Å². The van der Waals surface area contributed by atoms with Crippen LogP contribution in [0, 0.1) is 5.92 Å². The van der Waals surface area contributed by atoms with Crippen molar-refractivity contribution >= 4 is 17.4 Å². The Morgan fingerprint density at radius 2 is 2.12 bits per heavy atom. The third kappa shape index (κ3) is 2.63. The van der Waals surface area contributed by atoms with Crippen molar-refractivity contribution < 1.29 is 9.53 Å². The SMILES string of the molecule is CC1CCOC1C(=O)Cc1ccc(Cl)cc1. The van der Waals surface area contributed by atoms with Crippen LogP contribution in [-0.2, 0) is 16.0 Å². The summed E-state index contributed by atoms with van der Waals surface area (Å²) in [6, 6.07) is 7.39. The van der Waals surface area contributed by atoms with Crippen LogP contribution >= 0.6 is 11.6 Å². The van der Waals surface area contributed by atoms with Crippen LogP contribution in [0.1, 0.15) is 18.9 Å². The number of halogens is 1. The molecule has 1 heterocycles. The van der Waals surface area contributed by atoms with Crippen LogP contribution in [0.5, 0.6) is 0 Å². The Bertz CT molecular complexity index is 372. The van der Waals surface area contributed by atoms with E-state index in [0.717, 1.165) is 12.0 Å². The van der Waals surface area contributed by atoms with Crippen LogP contribution in [0.15, 0.2) is 24.3 Å². The fraction of sp³-hybridized carbons (Fsp3) is 0.462. The quantitative estimate of drug-likeness (QED) is 0.810. The standard InChI is InChI=1S/C13H15ClO2/c1-9-6-7-16-13(9)12(15)8-10-2-4-11(14)5-3-10/h2-5,9,13H,6-8H2,1H3. The van der Waals surface area contributed by atoms with E-state index < -0.39 is 0 Å². The summed E-state index contributed by atoms with van der Waals surface area (Å²) in [6.45, 7) is 2.77. The van der Waals surface area contributed by atoms with Crippen LogP contribution in [0.25, 0.3) is 0 Å². The number of carbonyl (C=O) groups is 1. The van der Waals surface area contributed by atoms with E-state index in [2.05, 4.69) is 6.92 Å². The maximum atomic E-state index is 12.0. The summed E-state index contributed by atoms with van der Waals surface area (Å²) in [5.41, 5.74) is 0.997. The molecule has 1 aromatic carbocycles. The average molecular weight is 239 g/mol. The molecule has 0 aliphatic carbocycles. The van der Waals surface area contributed by atoms with Crippen molar-refractivity contribution in [2.24, 2.45) is 5.92 Å². The van der Waals surface area contributed by atoms with E-state index in [1.165, 1.54) is 0 Å². The molecule has 16 heavy (non-hydrogen) atoms. The molecule has 1 aliphatic heterocycles. The first-order valence-corrected chi connectivity index (χ1v) is 5.93. The topological polar surface area (TPSA) is 26.3 Å². The number of Topliss-reactive ketones (excluding diaryl/α,β-unsaturated/α-hetero) is 1. The molecule has 2 nitrogen and oxygen atoms in total. The number of ketones is 1. The highest BCUT2D eigenvalue weighted by atomic mass is 35.5. The molecule has 0 amide bonds. The van der Waals surface area contributed by atoms with E-state index in [0.29, 0.717) is 24.0 Å². The maximum Gasteiger partial charge on any atom is 0.166 e. The van der Waals surface area contributed by atoms with Crippen molar-refractivity contribution in [1.82, 2.24) is 0 Å². The van der Waals surface area contributed by atoms with Gasteiger partial charge in [0.05, 0.1) is 0 Å². The van der Waals surface area contributed by atoms with Gasteiger partial charge in [0.2, 0.25) is 0 Å². The molecule has 2 atom stereocenters. The minimum atomic E-state index is -0.212. The van der Waals surface area contributed by atoms with E-state index in [1.807, 2.05) is 24.3 Å². The molecule has 1 saturated heterocycles. The third-order valence-electron chi connectivity index (χ3n) is 3.00. The van der Waals surface area contributed by atoms with Gasteiger partial charge < -0.3 is 4.74 Å². The number of carbonyl (C=O) groups excluding carboxylic acids is 1. The van der Waals surface area contributed by atoms with Crippen molar-refractivity contribution in [2.75, 3.05) is 6.61 Å². The van der Waals surface area contributed by atoms with Crippen molar-refractivity contribution in [3.63, 3.8) is 0 Å². The number of hydrogen-bond acceptors (Lipinski definition) is 2. The molecule has 0 radical (unpaired) electrons. The molecule has 1 aliphatic rings. The fourth-order valence-corrected chi connectivity index (χ4v) is 2.14. The predicted octanol–water partition coefficient (Wildman–Crippen LogP) is 2.88. The summed E-state index contributed by atoms with van der Waals surface area (Å²) in [5.74, 6) is 0.520. The lowest BCUT2D eigenvalue weighted by Crippen LogP contribution is -2.26. The van der Waals surface area contributed by atoms with E-state index in [1.54, 1.807) is 0 Å². The average Bonchev–Trinajstić information content (AvgIpc) is 2.68. The second kappa shape index (κ2) is 4.98. The molecular weight excluding hydrogens is 224 g/mol. The lowest BCUT2D eigenvalue weighted by Gasteiger charge is -2.12. The van der Waals surface area contributed by atoms with Crippen LogP contribution in [0.3, 0.4) is 0 Å². The van der Waals surface area contributed by atoms with E-state index in [4.69, 9.17) is 16.3 Å². The highest BCUT2D eigenvalue weighted by Crippen LogP contribution is 2.22. The molecule has 1 fully saturated rings. The molecule has 0 bridgehead atoms. The highest BCUT2D eigenvalue weighted by Gasteiger charge is 2.30. The summed E-state index contributed by atoms with van der Waals surface area (Å²) >= 11 is 5.79. The maximum absolute atomic E-state index is 12.0. The van der Waals surface area contributed by atoms with Gasteiger partial charge in [-0.25, -0.2) is 0 Å². The van der Waals surface area contributed by atoms with Gasteiger partial charge in [0, 0.05) is 18.1 Å². The first kappa shape index (κ1) is 11.6. The van der Waals surface area contributed by atoms with Crippen LogP contribution in [0.2, 0.25) is 5.02 Å². The van der Waals surface area contributed by atoms with E-state index in [9.17, 15) is 4.79 Å². The molecule has 0 aromatic heterocycles. The van der Waals surface area contributed by atoms with E-state index >= 15 is 0 Å². The molecule has 0 saturated carbocycles. The second-order valence-electron chi connectivity index (χ2n) is 4.33. The fourth-order valence-electron chi connectivity index (χ4n) is 2.01. The molecule has 1 aromatic rings. The first-order valence-electron chi connectivity index (χ1n) is 5.55. The molecule has 3 heteroatoms. The van der Waals surface area contributed by atoms with Gasteiger partial charge in [-0.3, -0.25) is 4.79 Å². The second-order valence-corrected chi connectivity index (χ2v) is 4.76. The normalized spacial score (nSPS) is 24.6. The lowest BCUT2D eigenvalue weighted by molar-refractivity contribution is -0.128. The summed E-state index contributed by atoms with van der Waals surface area (Å²) in [4.78, 5) is 12.0. The molecule has 0 N–H and O–H groups in total. The zero-order chi connectivity index (χ0) is 11.5. The highest BCUT2D eigenvalue weighted by molar-refractivity contribution is 6.30. The molecule has 2 unspecified atom stereocenters. The third-order valence-corrected chi connectivity index (χ3v) is 3.25. The van der Waals surface area contributed by atoms with Crippen LogP contribution in [0.4, 0.5) is 0 Å². The van der Waals surface area contributed by atoms with Gasteiger partial charge in [0.15, 0.2) is 5.78 Å². The summed E-state index contributed by atoms with van der Waals surface area (Å²) < 4.78 is 5.45. The van der Waals surface area contributed by atoms with Crippen molar-refractivity contribution in [2.45, 2.75) is 25.9 Å². The molecular formula is C13H15ClO2. The van der Waals surface area contributed by atoms with Crippen molar-refractivity contribution in [3.8, 4) is 0 Å². The van der Waals surface area contributed by atoms with Gasteiger partial charge >= 0.3 is 0 Å². The molecule has 0 spiro atoms. The van der Waals surface area contributed by atoms with Crippen LogP contribution in [-0.4, -0.2) is 18.5 Å². The zero-order valence-electron chi connectivity index (χ0n) is 9.28. The van der Waals surface area contributed by atoms with Gasteiger partial charge in [-0.15, -0.1) is 0 Å². The Hall–Kier alpha value is -0.860.